The summed E-state index contributed by atoms with van der Waals surface area (Å²) in [5.41, 5.74) is 1.69. The van der Waals surface area contributed by atoms with Crippen molar-refractivity contribution < 1.29 is 4.79 Å². The van der Waals surface area contributed by atoms with Crippen LogP contribution in [-0.4, -0.2) is 21.5 Å². The zero-order valence-corrected chi connectivity index (χ0v) is 14.3. The monoisotopic (exact) mass is 339 g/mol. The highest BCUT2D eigenvalue weighted by Crippen LogP contribution is 2.25. The van der Waals surface area contributed by atoms with Crippen molar-refractivity contribution in [2.45, 2.75) is 26.4 Å². The van der Waals surface area contributed by atoms with Crippen LogP contribution in [-0.2, 0) is 13.6 Å². The van der Waals surface area contributed by atoms with Crippen molar-refractivity contribution in [3.63, 3.8) is 0 Å². The van der Waals surface area contributed by atoms with Gasteiger partial charge >= 0.3 is 6.03 Å². The molecule has 1 aromatic heterocycles. The first-order valence-corrected chi connectivity index (χ1v) is 7.77. The smallest absolute Gasteiger partial charge is 0.322 e. The first kappa shape index (κ1) is 16.7. The third kappa shape index (κ3) is 3.96. The lowest BCUT2D eigenvalue weighted by Gasteiger charge is -2.27. The van der Waals surface area contributed by atoms with Crippen LogP contribution in [0.25, 0.3) is 0 Å². The van der Waals surface area contributed by atoms with Crippen LogP contribution in [0.3, 0.4) is 0 Å². The van der Waals surface area contributed by atoms with Gasteiger partial charge in [-0.25, -0.2) is 4.79 Å². The number of carbonyl (C=O) groups excluding carboxylic acids is 1. The van der Waals surface area contributed by atoms with Crippen LogP contribution >= 0.6 is 23.2 Å². The number of anilines is 1. The molecule has 0 atom stereocenters. The molecule has 0 unspecified atom stereocenters. The molecule has 0 spiro atoms. The minimum atomic E-state index is -0.172. The van der Waals surface area contributed by atoms with E-state index in [0.717, 1.165) is 5.69 Å². The highest BCUT2D eigenvalue weighted by atomic mass is 35.5. The van der Waals surface area contributed by atoms with Gasteiger partial charge in [-0.1, -0.05) is 23.2 Å². The Morgan fingerprint density at radius 1 is 1.27 bits per heavy atom. The summed E-state index contributed by atoms with van der Waals surface area (Å²) < 4.78 is 2.00. The predicted octanol–water partition coefficient (Wildman–Crippen LogP) is 4.77. The van der Waals surface area contributed by atoms with E-state index in [1.165, 1.54) is 0 Å². The minimum Gasteiger partial charge on any atom is -0.353 e. The van der Waals surface area contributed by atoms with Gasteiger partial charge in [0.1, 0.15) is 0 Å². The molecular formula is C16H19Cl2N3O. The van der Waals surface area contributed by atoms with E-state index in [4.69, 9.17) is 23.2 Å². The van der Waals surface area contributed by atoms with Crippen LogP contribution in [0, 0.1) is 0 Å². The lowest BCUT2D eigenvalue weighted by molar-refractivity contribution is 0.192. The zero-order valence-electron chi connectivity index (χ0n) is 12.8. The van der Waals surface area contributed by atoms with Gasteiger partial charge in [0.05, 0.1) is 16.6 Å². The molecule has 0 radical (unpaired) electrons. The van der Waals surface area contributed by atoms with E-state index in [2.05, 4.69) is 5.32 Å². The Morgan fingerprint density at radius 3 is 2.55 bits per heavy atom. The molecule has 0 aliphatic rings. The lowest BCUT2D eigenvalue weighted by atomic mass is 10.3. The molecule has 1 aromatic carbocycles. The fourth-order valence-corrected chi connectivity index (χ4v) is 2.39. The van der Waals surface area contributed by atoms with Gasteiger partial charge < -0.3 is 14.8 Å². The molecule has 4 nitrogen and oxygen atoms in total. The van der Waals surface area contributed by atoms with Crippen molar-refractivity contribution in [1.29, 1.82) is 0 Å². The van der Waals surface area contributed by atoms with Gasteiger partial charge in [0.25, 0.3) is 0 Å². The number of rotatable bonds is 4. The quantitative estimate of drug-likeness (QED) is 0.855. The second kappa shape index (κ2) is 7.07. The molecule has 22 heavy (non-hydrogen) atoms. The number of aromatic nitrogens is 1. The highest BCUT2D eigenvalue weighted by Gasteiger charge is 2.18. The molecular weight excluding hydrogens is 321 g/mol. The first-order chi connectivity index (χ1) is 10.4. The largest absolute Gasteiger partial charge is 0.353 e. The Kier molecular flexibility index (Phi) is 5.37. The van der Waals surface area contributed by atoms with Crippen molar-refractivity contribution in [2.24, 2.45) is 7.05 Å². The van der Waals surface area contributed by atoms with Crippen LogP contribution in [0.5, 0.6) is 0 Å². The topological polar surface area (TPSA) is 37.3 Å². The Labute approximate surface area is 140 Å². The van der Waals surface area contributed by atoms with Crippen molar-refractivity contribution in [1.82, 2.24) is 9.47 Å². The number of amides is 2. The summed E-state index contributed by atoms with van der Waals surface area (Å²) in [6, 6.07) is 8.89. The second-order valence-electron chi connectivity index (χ2n) is 5.39. The summed E-state index contributed by atoms with van der Waals surface area (Å²) >= 11 is 11.9. The average Bonchev–Trinajstić information content (AvgIpc) is 2.85. The van der Waals surface area contributed by atoms with Gasteiger partial charge in [0, 0.05) is 30.7 Å². The van der Waals surface area contributed by atoms with Crippen LogP contribution in [0.1, 0.15) is 19.5 Å². The number of hydrogen-bond acceptors (Lipinski definition) is 1. The molecule has 1 N–H and O–H groups in total. The number of halogens is 2. The summed E-state index contributed by atoms with van der Waals surface area (Å²) in [6.07, 6.45) is 1.96. The number of urea groups is 1. The molecule has 0 bridgehead atoms. The fourth-order valence-electron chi connectivity index (χ4n) is 2.09. The Bertz CT molecular complexity index is 667. The molecule has 0 saturated heterocycles. The third-order valence-electron chi connectivity index (χ3n) is 3.44. The molecule has 6 heteroatoms. The van der Waals surface area contributed by atoms with Crippen LogP contribution in [0.4, 0.5) is 10.5 Å². The zero-order chi connectivity index (χ0) is 16.3. The van der Waals surface area contributed by atoms with E-state index in [1.54, 1.807) is 23.1 Å². The van der Waals surface area contributed by atoms with Gasteiger partial charge in [-0.2, -0.15) is 0 Å². The van der Waals surface area contributed by atoms with E-state index < -0.39 is 0 Å². The van der Waals surface area contributed by atoms with Crippen LogP contribution in [0.15, 0.2) is 36.5 Å². The molecule has 0 saturated carbocycles. The van der Waals surface area contributed by atoms with Crippen LogP contribution < -0.4 is 5.32 Å². The minimum absolute atomic E-state index is 0.0673. The third-order valence-corrected chi connectivity index (χ3v) is 4.18. The molecule has 2 aromatic rings. The highest BCUT2D eigenvalue weighted by molar-refractivity contribution is 6.42. The van der Waals surface area contributed by atoms with E-state index in [1.807, 2.05) is 43.8 Å². The van der Waals surface area contributed by atoms with Crippen molar-refractivity contribution in [3.05, 3.63) is 52.3 Å². The first-order valence-electron chi connectivity index (χ1n) is 7.01. The standard InChI is InChI=1S/C16H19Cl2N3O/c1-11(2)21(10-13-5-4-8-20(13)3)16(22)19-12-6-7-14(17)15(18)9-12/h4-9,11H,10H2,1-3H3,(H,19,22). The second-order valence-corrected chi connectivity index (χ2v) is 6.21. The maximum absolute atomic E-state index is 12.5. The molecule has 118 valence electrons. The molecule has 1 heterocycles. The maximum Gasteiger partial charge on any atom is 0.322 e. The van der Waals surface area contributed by atoms with E-state index in [-0.39, 0.29) is 12.1 Å². The molecule has 0 aliphatic carbocycles. The molecule has 0 fully saturated rings. The number of hydrogen-bond donors (Lipinski definition) is 1. The lowest BCUT2D eigenvalue weighted by Crippen LogP contribution is -2.39. The van der Waals surface area contributed by atoms with Gasteiger partial charge in [0.15, 0.2) is 0 Å². The Morgan fingerprint density at radius 2 is 2.00 bits per heavy atom. The van der Waals surface area contributed by atoms with Crippen LogP contribution in [0.2, 0.25) is 10.0 Å². The van der Waals surface area contributed by atoms with Crippen molar-refractivity contribution in [3.8, 4) is 0 Å². The summed E-state index contributed by atoms with van der Waals surface area (Å²) in [6.45, 7) is 4.50. The normalized spacial score (nSPS) is 10.8. The van der Waals surface area contributed by atoms with Gasteiger partial charge in [-0.15, -0.1) is 0 Å². The van der Waals surface area contributed by atoms with E-state index in [0.29, 0.717) is 22.3 Å². The molecule has 2 rings (SSSR count). The number of nitrogens with zero attached hydrogens (tertiary/aromatic N) is 2. The van der Waals surface area contributed by atoms with E-state index >= 15 is 0 Å². The van der Waals surface area contributed by atoms with Gasteiger partial charge in [0.2, 0.25) is 0 Å². The number of benzene rings is 1. The van der Waals surface area contributed by atoms with E-state index in [9.17, 15) is 4.79 Å². The molecule has 2 amide bonds. The number of carbonyl (C=O) groups is 1. The van der Waals surface area contributed by atoms with Crippen molar-refractivity contribution >= 4 is 34.9 Å². The number of aryl methyl sites for hydroxylation is 1. The van der Waals surface area contributed by atoms with Gasteiger partial charge in [-0.3, -0.25) is 0 Å². The van der Waals surface area contributed by atoms with Crippen molar-refractivity contribution in [2.75, 3.05) is 5.32 Å². The predicted molar refractivity (Wildman–Crippen MR) is 91.6 cm³/mol. The summed E-state index contributed by atoms with van der Waals surface area (Å²) in [4.78, 5) is 14.3. The van der Waals surface area contributed by atoms with Gasteiger partial charge in [-0.05, 0) is 44.2 Å². The Hall–Kier alpha value is -1.65. The Balaban J connectivity index is 2.12. The number of nitrogens with one attached hydrogen (secondary N) is 1. The SMILES string of the molecule is CC(C)N(Cc1cccn1C)C(=O)Nc1ccc(Cl)c(Cl)c1. The average molecular weight is 340 g/mol. The molecule has 0 aliphatic heterocycles. The summed E-state index contributed by atoms with van der Waals surface area (Å²) in [5.74, 6) is 0. The summed E-state index contributed by atoms with van der Waals surface area (Å²) in [5, 5.41) is 3.73. The fraction of sp³-hybridized carbons (Fsp3) is 0.312. The summed E-state index contributed by atoms with van der Waals surface area (Å²) in [7, 11) is 1.96. The maximum atomic E-state index is 12.5.